The maximum absolute atomic E-state index is 12.9. The second-order valence-electron chi connectivity index (χ2n) is 6.43. The van der Waals surface area contributed by atoms with Gasteiger partial charge in [-0.2, -0.15) is 23.0 Å². The lowest BCUT2D eigenvalue weighted by atomic mass is 10.1. The van der Waals surface area contributed by atoms with E-state index < -0.39 is 17.3 Å². The molecule has 3 aromatic carbocycles. The van der Waals surface area contributed by atoms with Gasteiger partial charge in [0, 0.05) is 5.56 Å². The van der Waals surface area contributed by atoms with Crippen LogP contribution in [0.3, 0.4) is 0 Å². The van der Waals surface area contributed by atoms with Crippen molar-refractivity contribution in [1.29, 1.82) is 0 Å². The molecule has 0 aliphatic carbocycles. The van der Waals surface area contributed by atoms with Crippen LogP contribution in [0.4, 0.5) is 13.2 Å². The molecule has 0 bridgehead atoms. The van der Waals surface area contributed by atoms with Crippen LogP contribution in [0.15, 0.2) is 95.8 Å². The van der Waals surface area contributed by atoms with Gasteiger partial charge in [0.05, 0.1) is 17.3 Å². The van der Waals surface area contributed by atoms with Crippen LogP contribution in [0, 0.1) is 0 Å². The molecule has 30 heavy (non-hydrogen) atoms. The molecule has 0 spiro atoms. The van der Waals surface area contributed by atoms with Gasteiger partial charge < -0.3 is 4.74 Å². The molecular formula is C23H15F3N2O2. The van der Waals surface area contributed by atoms with E-state index in [0.717, 1.165) is 12.1 Å². The molecule has 0 saturated carbocycles. The molecule has 4 nitrogen and oxygen atoms in total. The number of alkyl halides is 3. The number of halogens is 3. The fourth-order valence-electron chi connectivity index (χ4n) is 2.90. The van der Waals surface area contributed by atoms with Crippen molar-refractivity contribution < 1.29 is 17.9 Å². The van der Waals surface area contributed by atoms with Crippen LogP contribution in [0.25, 0.3) is 16.9 Å². The van der Waals surface area contributed by atoms with Gasteiger partial charge in [-0.1, -0.05) is 48.5 Å². The van der Waals surface area contributed by atoms with Crippen molar-refractivity contribution in [1.82, 2.24) is 9.78 Å². The van der Waals surface area contributed by atoms with Gasteiger partial charge in [-0.3, -0.25) is 4.79 Å². The van der Waals surface area contributed by atoms with Crippen LogP contribution in [0.5, 0.6) is 11.5 Å². The summed E-state index contributed by atoms with van der Waals surface area (Å²) in [7, 11) is 0. The number of nitrogens with zero attached hydrogens (tertiary/aromatic N) is 2. The van der Waals surface area contributed by atoms with Gasteiger partial charge >= 0.3 is 6.18 Å². The second-order valence-corrected chi connectivity index (χ2v) is 6.43. The summed E-state index contributed by atoms with van der Waals surface area (Å²) in [5.74, 6) is 0.627. The van der Waals surface area contributed by atoms with E-state index in [2.05, 4.69) is 5.10 Å². The van der Waals surface area contributed by atoms with Crippen LogP contribution in [-0.2, 0) is 6.18 Å². The van der Waals surface area contributed by atoms with Crippen molar-refractivity contribution >= 4 is 0 Å². The SMILES string of the molecule is O=c1cc(Oc2ccccc2)c(-c2ccc(C(F)(F)F)cc2)nn1-c1ccccc1. The van der Waals surface area contributed by atoms with Gasteiger partial charge in [0.2, 0.25) is 0 Å². The van der Waals surface area contributed by atoms with Crippen LogP contribution >= 0.6 is 0 Å². The molecule has 1 heterocycles. The second kappa shape index (κ2) is 7.87. The largest absolute Gasteiger partial charge is 0.455 e. The molecule has 0 amide bonds. The first-order valence-electron chi connectivity index (χ1n) is 9.02. The molecular weight excluding hydrogens is 393 g/mol. The number of ether oxygens (including phenoxy) is 1. The van der Waals surface area contributed by atoms with Crippen LogP contribution in [0.2, 0.25) is 0 Å². The predicted molar refractivity (Wildman–Crippen MR) is 107 cm³/mol. The zero-order valence-corrected chi connectivity index (χ0v) is 15.5. The maximum atomic E-state index is 12.9. The Morgan fingerprint density at radius 2 is 1.40 bits per heavy atom. The summed E-state index contributed by atoms with van der Waals surface area (Å²) >= 11 is 0. The topological polar surface area (TPSA) is 44.1 Å². The minimum absolute atomic E-state index is 0.151. The molecule has 0 radical (unpaired) electrons. The lowest BCUT2D eigenvalue weighted by Gasteiger charge is -2.14. The fraction of sp³-hybridized carbons (Fsp3) is 0.0435. The third kappa shape index (κ3) is 4.10. The summed E-state index contributed by atoms with van der Waals surface area (Å²) in [5.41, 5.74) is -0.0347. The number of para-hydroxylation sites is 2. The van der Waals surface area contributed by atoms with Gasteiger partial charge in [0.1, 0.15) is 11.4 Å². The minimum Gasteiger partial charge on any atom is -0.455 e. The average molecular weight is 408 g/mol. The first-order valence-corrected chi connectivity index (χ1v) is 9.02. The van der Waals surface area contributed by atoms with Gasteiger partial charge in [0.15, 0.2) is 5.75 Å². The highest BCUT2D eigenvalue weighted by Gasteiger charge is 2.30. The van der Waals surface area contributed by atoms with Crippen LogP contribution in [-0.4, -0.2) is 9.78 Å². The Kier molecular flexibility index (Phi) is 5.10. The third-order valence-corrected chi connectivity index (χ3v) is 4.35. The lowest BCUT2D eigenvalue weighted by Crippen LogP contribution is -2.21. The Morgan fingerprint density at radius 3 is 2.00 bits per heavy atom. The normalized spacial score (nSPS) is 11.3. The number of hydrogen-bond donors (Lipinski definition) is 0. The Morgan fingerprint density at radius 1 is 0.800 bits per heavy atom. The highest BCUT2D eigenvalue weighted by Crippen LogP contribution is 2.34. The molecule has 0 fully saturated rings. The minimum atomic E-state index is -4.45. The summed E-state index contributed by atoms with van der Waals surface area (Å²) in [6, 6.07) is 23.4. The number of rotatable bonds is 4. The molecule has 0 saturated heterocycles. The van der Waals surface area contributed by atoms with Gasteiger partial charge in [-0.05, 0) is 36.4 Å². The van der Waals surface area contributed by atoms with E-state index in [1.165, 1.54) is 22.9 Å². The Balaban J connectivity index is 1.85. The van der Waals surface area contributed by atoms with Crippen LogP contribution in [0.1, 0.15) is 5.56 Å². The zero-order chi connectivity index (χ0) is 21.1. The summed E-state index contributed by atoms with van der Waals surface area (Å²) in [5, 5.41) is 4.40. The lowest BCUT2D eigenvalue weighted by molar-refractivity contribution is -0.137. The number of aromatic nitrogens is 2. The average Bonchev–Trinajstić information content (AvgIpc) is 2.75. The van der Waals surface area contributed by atoms with Crippen molar-refractivity contribution in [2.45, 2.75) is 6.18 Å². The number of hydrogen-bond acceptors (Lipinski definition) is 3. The molecule has 0 aliphatic heterocycles. The first kappa shape index (κ1) is 19.4. The fourth-order valence-corrected chi connectivity index (χ4v) is 2.90. The summed E-state index contributed by atoms with van der Waals surface area (Å²) in [6.45, 7) is 0. The van der Waals surface area contributed by atoms with Crippen molar-refractivity contribution in [3.05, 3.63) is 107 Å². The summed E-state index contributed by atoms with van der Waals surface area (Å²) in [6.07, 6.45) is -4.45. The maximum Gasteiger partial charge on any atom is 0.416 e. The highest BCUT2D eigenvalue weighted by molar-refractivity contribution is 5.66. The van der Waals surface area contributed by atoms with Gasteiger partial charge in [-0.25, -0.2) is 0 Å². The zero-order valence-electron chi connectivity index (χ0n) is 15.5. The molecule has 7 heteroatoms. The van der Waals surface area contributed by atoms with E-state index >= 15 is 0 Å². The molecule has 0 unspecified atom stereocenters. The number of benzene rings is 3. The van der Waals surface area contributed by atoms with E-state index in [-0.39, 0.29) is 11.4 Å². The molecule has 4 aromatic rings. The molecule has 0 aliphatic rings. The van der Waals surface area contributed by atoms with Crippen molar-refractivity contribution in [3.63, 3.8) is 0 Å². The van der Waals surface area contributed by atoms with Crippen molar-refractivity contribution in [2.24, 2.45) is 0 Å². The first-order chi connectivity index (χ1) is 14.4. The quantitative estimate of drug-likeness (QED) is 0.434. The molecule has 0 atom stereocenters. The highest BCUT2D eigenvalue weighted by atomic mass is 19.4. The molecule has 150 valence electrons. The summed E-state index contributed by atoms with van der Waals surface area (Å²) < 4.78 is 45.8. The van der Waals surface area contributed by atoms with E-state index in [1.54, 1.807) is 54.6 Å². The van der Waals surface area contributed by atoms with Gasteiger partial charge in [0.25, 0.3) is 5.56 Å². The van der Waals surface area contributed by atoms with Gasteiger partial charge in [-0.15, -0.1) is 0 Å². The van der Waals surface area contributed by atoms with Crippen molar-refractivity contribution in [3.8, 4) is 28.4 Å². The molecule has 1 aromatic heterocycles. The van der Waals surface area contributed by atoms with Crippen molar-refractivity contribution in [2.75, 3.05) is 0 Å². The summed E-state index contributed by atoms with van der Waals surface area (Å²) in [4.78, 5) is 12.7. The Labute approximate surface area is 169 Å². The van der Waals surface area contributed by atoms with E-state index in [4.69, 9.17) is 4.74 Å². The van der Waals surface area contributed by atoms with E-state index in [9.17, 15) is 18.0 Å². The predicted octanol–water partition coefficient (Wildman–Crippen LogP) is 5.71. The Bertz CT molecular complexity index is 1200. The monoisotopic (exact) mass is 408 g/mol. The van der Waals surface area contributed by atoms with E-state index in [1.807, 2.05) is 6.07 Å². The van der Waals surface area contributed by atoms with E-state index in [0.29, 0.717) is 17.0 Å². The smallest absolute Gasteiger partial charge is 0.416 e. The molecule has 4 rings (SSSR count). The Hall–Kier alpha value is -3.87. The standard InChI is InChI=1S/C23H15F3N2O2/c24-23(25,26)17-13-11-16(12-14-17)22-20(30-19-9-5-2-6-10-19)15-21(29)28(27-22)18-7-3-1-4-8-18/h1-15H. The third-order valence-electron chi connectivity index (χ3n) is 4.35. The van der Waals surface area contributed by atoms with Crippen LogP contribution < -0.4 is 10.3 Å². The molecule has 0 N–H and O–H groups in total.